The Labute approximate surface area is 191 Å². The number of hydrogen-bond acceptors (Lipinski definition) is 4. The number of fused-ring (bicyclic) bond motifs is 1. The van der Waals surface area contributed by atoms with Gasteiger partial charge in [0.2, 0.25) is 0 Å². The lowest BCUT2D eigenvalue weighted by molar-refractivity contribution is 0.0254. The SMILES string of the molecule is CC(C)(C)OC(=O)N1CCC2=C(c3ccc(Cl)cc3)N(C3CCCCCC3)NC2CC1. The topological polar surface area (TPSA) is 44.8 Å². The molecule has 1 saturated heterocycles. The molecule has 0 bridgehead atoms. The van der Waals surface area contributed by atoms with Crippen LogP contribution in [0.3, 0.4) is 0 Å². The number of halogens is 1. The number of nitrogens with zero attached hydrogens (tertiary/aromatic N) is 2. The zero-order valence-corrected chi connectivity index (χ0v) is 19.9. The zero-order valence-electron chi connectivity index (χ0n) is 19.1. The van der Waals surface area contributed by atoms with Crippen LogP contribution >= 0.6 is 11.6 Å². The maximum Gasteiger partial charge on any atom is 0.410 e. The highest BCUT2D eigenvalue weighted by atomic mass is 35.5. The average Bonchev–Trinajstić information content (AvgIpc) is 2.89. The summed E-state index contributed by atoms with van der Waals surface area (Å²) in [6, 6.07) is 9.01. The summed E-state index contributed by atoms with van der Waals surface area (Å²) in [5.41, 5.74) is 7.31. The van der Waals surface area contributed by atoms with E-state index in [1.54, 1.807) is 0 Å². The second-order valence-electron chi connectivity index (χ2n) is 10.1. The van der Waals surface area contributed by atoms with Crippen molar-refractivity contribution in [1.82, 2.24) is 15.3 Å². The molecule has 5 nitrogen and oxygen atoms in total. The monoisotopic (exact) mass is 445 g/mol. The van der Waals surface area contributed by atoms with Gasteiger partial charge in [0.25, 0.3) is 0 Å². The number of hydrazine groups is 1. The summed E-state index contributed by atoms with van der Waals surface area (Å²) < 4.78 is 5.64. The second kappa shape index (κ2) is 9.41. The van der Waals surface area contributed by atoms with Crippen molar-refractivity contribution in [2.24, 2.45) is 0 Å². The Morgan fingerprint density at radius 1 is 1.03 bits per heavy atom. The summed E-state index contributed by atoms with van der Waals surface area (Å²) in [6.45, 7) is 7.17. The minimum Gasteiger partial charge on any atom is -0.444 e. The zero-order chi connectivity index (χ0) is 22.0. The van der Waals surface area contributed by atoms with Crippen LogP contribution in [0, 0.1) is 0 Å². The molecule has 3 aliphatic rings. The minimum atomic E-state index is -0.471. The molecule has 0 spiro atoms. The molecule has 0 radical (unpaired) electrons. The van der Waals surface area contributed by atoms with E-state index in [1.807, 2.05) is 37.8 Å². The van der Waals surface area contributed by atoms with Gasteiger partial charge in [0.05, 0.1) is 11.7 Å². The number of ether oxygens (including phenoxy) is 1. The van der Waals surface area contributed by atoms with Gasteiger partial charge in [-0.15, -0.1) is 0 Å². The predicted molar refractivity (Wildman–Crippen MR) is 126 cm³/mol. The number of carbonyl (C=O) groups excluding carboxylic acids is 1. The summed E-state index contributed by atoms with van der Waals surface area (Å²) in [6.07, 6.45) is 9.28. The molecule has 2 heterocycles. The third-order valence-electron chi connectivity index (χ3n) is 6.56. The first-order chi connectivity index (χ1) is 14.8. The van der Waals surface area contributed by atoms with Gasteiger partial charge in [-0.1, -0.05) is 49.4 Å². The fourth-order valence-electron chi connectivity index (χ4n) is 5.06. The number of rotatable bonds is 2. The van der Waals surface area contributed by atoms with Gasteiger partial charge in [0.15, 0.2) is 0 Å². The summed E-state index contributed by atoms with van der Waals surface area (Å²) in [5.74, 6) is 0. The van der Waals surface area contributed by atoms with Crippen molar-refractivity contribution in [2.45, 2.75) is 89.8 Å². The molecule has 6 heteroatoms. The Morgan fingerprint density at radius 3 is 2.35 bits per heavy atom. The molecular weight excluding hydrogens is 410 g/mol. The minimum absolute atomic E-state index is 0.207. The summed E-state index contributed by atoms with van der Waals surface area (Å²) >= 11 is 6.19. The van der Waals surface area contributed by atoms with Crippen molar-refractivity contribution < 1.29 is 9.53 Å². The highest BCUT2D eigenvalue weighted by molar-refractivity contribution is 6.30. The van der Waals surface area contributed by atoms with Crippen molar-refractivity contribution in [1.29, 1.82) is 0 Å². The van der Waals surface area contributed by atoms with Crippen LogP contribution in [0.4, 0.5) is 4.79 Å². The summed E-state index contributed by atoms with van der Waals surface area (Å²) in [7, 11) is 0. The molecule has 2 aliphatic heterocycles. The molecule has 1 unspecified atom stereocenters. The first-order valence-electron chi connectivity index (χ1n) is 11.8. The van der Waals surface area contributed by atoms with E-state index in [-0.39, 0.29) is 12.1 Å². The van der Waals surface area contributed by atoms with Crippen LogP contribution in [0.5, 0.6) is 0 Å². The molecule has 31 heavy (non-hydrogen) atoms. The molecule has 170 valence electrons. The number of hydrogen-bond donors (Lipinski definition) is 1. The van der Waals surface area contributed by atoms with Crippen LogP contribution in [0.2, 0.25) is 5.02 Å². The van der Waals surface area contributed by atoms with Crippen LogP contribution in [0.25, 0.3) is 5.70 Å². The molecule has 1 aromatic carbocycles. The van der Waals surface area contributed by atoms with Crippen LogP contribution < -0.4 is 5.43 Å². The van der Waals surface area contributed by atoms with Gasteiger partial charge in [-0.2, -0.15) is 0 Å². The van der Waals surface area contributed by atoms with E-state index >= 15 is 0 Å². The van der Waals surface area contributed by atoms with Crippen LogP contribution in [0.1, 0.15) is 77.7 Å². The number of carbonyl (C=O) groups is 1. The third-order valence-corrected chi connectivity index (χ3v) is 6.81. The molecule has 1 saturated carbocycles. The third kappa shape index (κ3) is 5.38. The maximum atomic E-state index is 12.7. The van der Waals surface area contributed by atoms with Crippen molar-refractivity contribution in [3.63, 3.8) is 0 Å². The number of nitrogens with one attached hydrogen (secondary N) is 1. The number of amides is 1. The Bertz CT molecular complexity index is 807. The van der Waals surface area contributed by atoms with E-state index in [0.29, 0.717) is 19.1 Å². The van der Waals surface area contributed by atoms with E-state index in [2.05, 4.69) is 22.6 Å². The lowest BCUT2D eigenvalue weighted by Crippen LogP contribution is -2.44. The maximum absolute atomic E-state index is 12.7. The second-order valence-corrected chi connectivity index (χ2v) is 10.5. The summed E-state index contributed by atoms with van der Waals surface area (Å²) in [5, 5.41) is 3.23. The first kappa shape index (κ1) is 22.5. The molecule has 2 fully saturated rings. The smallest absolute Gasteiger partial charge is 0.410 e. The molecule has 1 aliphatic carbocycles. The van der Waals surface area contributed by atoms with Crippen LogP contribution in [0.15, 0.2) is 29.8 Å². The van der Waals surface area contributed by atoms with Crippen LogP contribution in [-0.4, -0.2) is 46.8 Å². The van der Waals surface area contributed by atoms with Gasteiger partial charge in [-0.25, -0.2) is 10.2 Å². The van der Waals surface area contributed by atoms with E-state index < -0.39 is 5.60 Å². The van der Waals surface area contributed by atoms with Gasteiger partial charge >= 0.3 is 6.09 Å². The van der Waals surface area contributed by atoms with Crippen molar-refractivity contribution >= 4 is 23.4 Å². The first-order valence-corrected chi connectivity index (χ1v) is 12.2. The van der Waals surface area contributed by atoms with Crippen molar-refractivity contribution in [3.8, 4) is 0 Å². The quantitative estimate of drug-likeness (QED) is 0.567. The number of likely N-dealkylation sites (tertiary alicyclic amines) is 1. The summed E-state index contributed by atoms with van der Waals surface area (Å²) in [4.78, 5) is 14.5. The van der Waals surface area contributed by atoms with E-state index in [4.69, 9.17) is 16.3 Å². The molecule has 1 N–H and O–H groups in total. The molecule has 4 rings (SSSR count). The fourth-order valence-corrected chi connectivity index (χ4v) is 5.18. The van der Waals surface area contributed by atoms with Gasteiger partial charge in [-0.05, 0) is 69.7 Å². The Balaban J connectivity index is 1.61. The Hall–Kier alpha value is -1.72. The normalized spacial score (nSPS) is 23.4. The average molecular weight is 446 g/mol. The van der Waals surface area contributed by atoms with Crippen LogP contribution in [-0.2, 0) is 4.74 Å². The highest BCUT2D eigenvalue weighted by Gasteiger charge is 2.38. The molecule has 1 atom stereocenters. The highest BCUT2D eigenvalue weighted by Crippen LogP contribution is 2.38. The molecule has 0 aromatic heterocycles. The predicted octanol–water partition coefficient (Wildman–Crippen LogP) is 5.99. The number of benzene rings is 1. The Kier molecular flexibility index (Phi) is 6.83. The van der Waals surface area contributed by atoms with Gasteiger partial charge in [0.1, 0.15) is 5.60 Å². The van der Waals surface area contributed by atoms with E-state index in [1.165, 1.54) is 55.4 Å². The molecule has 1 aromatic rings. The fraction of sp³-hybridized carbons (Fsp3) is 0.640. The van der Waals surface area contributed by atoms with Gasteiger partial charge in [-0.3, -0.25) is 0 Å². The molecular formula is C25H36ClN3O2. The van der Waals surface area contributed by atoms with Crippen molar-refractivity contribution in [3.05, 3.63) is 40.4 Å². The standard InChI is InChI=1S/C25H36ClN3O2/c1-25(2,3)31-24(30)28-16-14-21-22(15-17-28)27-29(20-8-6-4-5-7-9-20)23(21)18-10-12-19(26)13-11-18/h10-13,20,22,27H,4-9,14-17H2,1-3H3. The van der Waals surface area contributed by atoms with Gasteiger partial charge in [0, 0.05) is 24.2 Å². The Morgan fingerprint density at radius 2 is 1.71 bits per heavy atom. The lowest BCUT2D eigenvalue weighted by atomic mass is 9.97. The van der Waals surface area contributed by atoms with Gasteiger partial charge < -0.3 is 14.6 Å². The van der Waals surface area contributed by atoms with E-state index in [0.717, 1.165) is 17.9 Å². The van der Waals surface area contributed by atoms with E-state index in [9.17, 15) is 4.79 Å². The lowest BCUT2D eigenvalue weighted by Gasteiger charge is -2.33. The largest absolute Gasteiger partial charge is 0.444 e. The van der Waals surface area contributed by atoms with Crippen molar-refractivity contribution in [2.75, 3.05) is 13.1 Å². The molecule has 1 amide bonds.